The summed E-state index contributed by atoms with van der Waals surface area (Å²) >= 11 is 0. The van der Waals surface area contributed by atoms with E-state index in [4.69, 9.17) is 4.74 Å². The van der Waals surface area contributed by atoms with Gasteiger partial charge in [0.1, 0.15) is 12.3 Å². The first kappa shape index (κ1) is 18.4. The first-order chi connectivity index (χ1) is 13.0. The topological polar surface area (TPSA) is 95.2 Å². The van der Waals surface area contributed by atoms with Crippen LogP contribution < -0.4 is 21.2 Å². The molecule has 8 heteroatoms. The third-order valence-electron chi connectivity index (χ3n) is 4.25. The molecule has 2 aromatic heterocycles. The lowest BCUT2D eigenvalue weighted by Crippen LogP contribution is -2.43. The van der Waals surface area contributed by atoms with Gasteiger partial charge >= 0.3 is 11.1 Å². The summed E-state index contributed by atoms with van der Waals surface area (Å²) in [5.74, 6) is 0.360. The number of carbonyl (C=O) groups excluding carboxylic acids is 1. The number of nitrogens with zero attached hydrogens (tertiary/aromatic N) is 3. The Morgan fingerprint density at radius 3 is 2.48 bits per heavy atom. The quantitative estimate of drug-likeness (QED) is 0.653. The summed E-state index contributed by atoms with van der Waals surface area (Å²) in [5, 5.41) is 2.76. The van der Waals surface area contributed by atoms with Crippen molar-refractivity contribution in [1.29, 1.82) is 0 Å². The van der Waals surface area contributed by atoms with Crippen LogP contribution >= 0.6 is 0 Å². The van der Waals surface area contributed by atoms with Crippen LogP contribution in [-0.4, -0.2) is 27.1 Å². The molecule has 0 aliphatic heterocycles. The highest BCUT2D eigenvalue weighted by atomic mass is 16.5. The zero-order valence-electron chi connectivity index (χ0n) is 15.1. The van der Waals surface area contributed by atoms with E-state index in [2.05, 4.69) is 10.3 Å². The van der Waals surface area contributed by atoms with Crippen molar-refractivity contribution in [3.63, 3.8) is 0 Å². The van der Waals surface area contributed by atoms with Crippen molar-refractivity contribution >= 4 is 17.1 Å². The Bertz CT molecular complexity index is 1080. The zero-order chi connectivity index (χ0) is 19.4. The van der Waals surface area contributed by atoms with Gasteiger partial charge in [0.2, 0.25) is 5.91 Å². The van der Waals surface area contributed by atoms with Crippen LogP contribution in [0.15, 0.2) is 52.2 Å². The summed E-state index contributed by atoms with van der Waals surface area (Å²) < 4.78 is 7.57. The van der Waals surface area contributed by atoms with Crippen LogP contribution in [0.25, 0.3) is 11.2 Å². The van der Waals surface area contributed by atoms with Crippen molar-refractivity contribution < 1.29 is 9.53 Å². The first-order valence-corrected chi connectivity index (χ1v) is 8.53. The van der Waals surface area contributed by atoms with Crippen molar-refractivity contribution in [2.24, 2.45) is 0 Å². The number of methoxy groups -OCH3 is 1. The standard InChI is InChI=1S/C19H20N4O4/c1-3-22-17-15(5-4-10-20-17)23(19(26)18(22)25)12-16(24)21-11-13-6-8-14(27-2)9-7-13/h4-10H,3,11-12H2,1-2H3,(H,21,24). The number of ether oxygens (including phenoxy) is 1. The predicted molar refractivity (Wildman–Crippen MR) is 101 cm³/mol. The molecule has 0 fully saturated rings. The van der Waals surface area contributed by atoms with Gasteiger partial charge in [0.15, 0.2) is 5.65 Å². The molecule has 0 radical (unpaired) electrons. The fraction of sp³-hybridized carbons (Fsp3) is 0.263. The van der Waals surface area contributed by atoms with Crippen LogP contribution in [0.3, 0.4) is 0 Å². The highest BCUT2D eigenvalue weighted by molar-refractivity contribution is 5.78. The molecule has 0 spiro atoms. The second kappa shape index (κ2) is 7.86. The molecular formula is C19H20N4O4. The van der Waals surface area contributed by atoms with Crippen molar-refractivity contribution in [2.75, 3.05) is 7.11 Å². The van der Waals surface area contributed by atoms with Gasteiger partial charge in [-0.15, -0.1) is 0 Å². The lowest BCUT2D eigenvalue weighted by molar-refractivity contribution is -0.121. The molecular weight excluding hydrogens is 348 g/mol. The molecule has 0 aliphatic rings. The molecule has 1 amide bonds. The maximum Gasteiger partial charge on any atom is 0.318 e. The molecule has 0 unspecified atom stereocenters. The summed E-state index contributed by atoms with van der Waals surface area (Å²) in [7, 11) is 1.58. The number of benzene rings is 1. The van der Waals surface area contributed by atoms with E-state index in [-0.39, 0.29) is 12.5 Å². The van der Waals surface area contributed by atoms with E-state index in [0.717, 1.165) is 11.3 Å². The smallest absolute Gasteiger partial charge is 0.318 e. The van der Waals surface area contributed by atoms with Crippen LogP contribution in [0.4, 0.5) is 0 Å². The average molecular weight is 368 g/mol. The molecule has 8 nitrogen and oxygen atoms in total. The third kappa shape index (κ3) is 3.74. The van der Waals surface area contributed by atoms with Gasteiger partial charge in [-0.05, 0) is 36.8 Å². The summed E-state index contributed by atoms with van der Waals surface area (Å²) in [6.45, 7) is 2.14. The molecule has 1 N–H and O–H groups in total. The van der Waals surface area contributed by atoms with Crippen LogP contribution in [0.1, 0.15) is 12.5 Å². The minimum atomic E-state index is -0.739. The summed E-state index contributed by atoms with van der Waals surface area (Å²) in [6, 6.07) is 10.6. The number of nitrogens with one attached hydrogen (secondary N) is 1. The molecule has 0 bridgehead atoms. The Hall–Kier alpha value is -3.42. The Kier molecular flexibility index (Phi) is 5.35. The van der Waals surface area contributed by atoms with Gasteiger partial charge in [-0.3, -0.25) is 23.5 Å². The molecule has 2 heterocycles. The predicted octanol–water partition coefficient (Wildman–Crippen LogP) is 0.903. The highest BCUT2D eigenvalue weighted by Gasteiger charge is 2.15. The molecule has 0 atom stereocenters. The van der Waals surface area contributed by atoms with Crippen molar-refractivity contribution in [2.45, 2.75) is 26.6 Å². The minimum absolute atomic E-state index is 0.253. The van der Waals surface area contributed by atoms with Gasteiger partial charge in [0.25, 0.3) is 0 Å². The highest BCUT2D eigenvalue weighted by Crippen LogP contribution is 2.11. The molecule has 0 saturated heterocycles. The Labute approximate surface area is 155 Å². The summed E-state index contributed by atoms with van der Waals surface area (Å²) in [5.41, 5.74) is 0.295. The van der Waals surface area contributed by atoms with E-state index >= 15 is 0 Å². The maximum atomic E-state index is 12.5. The van der Waals surface area contributed by atoms with Crippen LogP contribution in [0.5, 0.6) is 5.75 Å². The number of aryl methyl sites for hydroxylation is 1. The van der Waals surface area contributed by atoms with Gasteiger partial charge in [0.05, 0.1) is 12.6 Å². The summed E-state index contributed by atoms with van der Waals surface area (Å²) in [4.78, 5) is 41.3. The van der Waals surface area contributed by atoms with E-state index < -0.39 is 11.1 Å². The summed E-state index contributed by atoms with van der Waals surface area (Å²) in [6.07, 6.45) is 1.55. The SMILES string of the molecule is CCn1c(=O)c(=O)n(CC(=O)NCc2ccc(OC)cc2)c2cccnc21. The number of amides is 1. The first-order valence-electron chi connectivity index (χ1n) is 8.53. The van der Waals surface area contributed by atoms with Crippen LogP contribution in [-0.2, 0) is 24.4 Å². The van der Waals surface area contributed by atoms with Crippen molar-refractivity contribution in [3.8, 4) is 5.75 Å². The Morgan fingerprint density at radius 1 is 1.11 bits per heavy atom. The average Bonchev–Trinajstić information content (AvgIpc) is 2.70. The van der Waals surface area contributed by atoms with Gasteiger partial charge in [-0.25, -0.2) is 4.98 Å². The van der Waals surface area contributed by atoms with E-state index in [0.29, 0.717) is 24.3 Å². The van der Waals surface area contributed by atoms with E-state index in [9.17, 15) is 14.4 Å². The number of carbonyl (C=O) groups is 1. The van der Waals surface area contributed by atoms with Crippen LogP contribution in [0, 0.1) is 0 Å². The number of aromatic nitrogens is 3. The molecule has 0 aliphatic carbocycles. The van der Waals surface area contributed by atoms with Gasteiger partial charge in [0, 0.05) is 19.3 Å². The number of pyridine rings is 1. The van der Waals surface area contributed by atoms with Gasteiger partial charge < -0.3 is 10.1 Å². The fourth-order valence-corrected chi connectivity index (χ4v) is 2.84. The Balaban J connectivity index is 1.83. The number of hydrogen-bond acceptors (Lipinski definition) is 5. The van der Waals surface area contributed by atoms with Gasteiger partial charge in [-0.2, -0.15) is 0 Å². The van der Waals surface area contributed by atoms with E-state index in [1.807, 2.05) is 12.1 Å². The molecule has 3 rings (SSSR count). The molecule has 0 saturated carbocycles. The number of rotatable bonds is 6. The second-order valence-corrected chi connectivity index (χ2v) is 5.91. The molecule has 27 heavy (non-hydrogen) atoms. The fourth-order valence-electron chi connectivity index (χ4n) is 2.84. The molecule has 3 aromatic rings. The largest absolute Gasteiger partial charge is 0.497 e. The molecule has 1 aromatic carbocycles. The normalized spacial score (nSPS) is 10.7. The second-order valence-electron chi connectivity index (χ2n) is 5.91. The van der Waals surface area contributed by atoms with Crippen molar-refractivity contribution in [1.82, 2.24) is 19.4 Å². The molecule has 140 valence electrons. The lowest BCUT2D eigenvalue weighted by Gasteiger charge is -2.13. The third-order valence-corrected chi connectivity index (χ3v) is 4.25. The lowest BCUT2D eigenvalue weighted by atomic mass is 10.2. The number of hydrogen-bond donors (Lipinski definition) is 1. The van der Waals surface area contributed by atoms with Crippen molar-refractivity contribution in [3.05, 3.63) is 68.9 Å². The zero-order valence-corrected chi connectivity index (χ0v) is 15.1. The minimum Gasteiger partial charge on any atom is -0.497 e. The Morgan fingerprint density at radius 2 is 1.81 bits per heavy atom. The maximum absolute atomic E-state index is 12.5. The van der Waals surface area contributed by atoms with Crippen LogP contribution in [0.2, 0.25) is 0 Å². The van der Waals surface area contributed by atoms with Gasteiger partial charge in [-0.1, -0.05) is 12.1 Å². The van der Waals surface area contributed by atoms with E-state index in [1.54, 1.807) is 44.5 Å². The van der Waals surface area contributed by atoms with E-state index in [1.165, 1.54) is 9.13 Å². The monoisotopic (exact) mass is 368 g/mol. The number of fused-ring (bicyclic) bond motifs is 1.